The minimum atomic E-state index is -0.447. The molecule has 1 fully saturated rings. The fourth-order valence-corrected chi connectivity index (χ4v) is 2.21. The normalized spacial score (nSPS) is 15.3. The third kappa shape index (κ3) is 4.18. The number of rotatable bonds is 7. The quantitative estimate of drug-likeness (QED) is 0.597. The summed E-state index contributed by atoms with van der Waals surface area (Å²) in [6.07, 6.45) is 3.93. The lowest BCUT2D eigenvalue weighted by atomic mass is 10.1. The zero-order valence-corrected chi connectivity index (χ0v) is 12.4. The molecule has 1 aliphatic carbocycles. The Hall–Kier alpha value is -2.11. The lowest BCUT2D eigenvalue weighted by Gasteiger charge is -2.13. The van der Waals surface area contributed by atoms with Crippen LogP contribution in [0, 0.1) is 10.1 Å². The van der Waals surface area contributed by atoms with Crippen molar-refractivity contribution in [1.82, 2.24) is 5.32 Å². The molecular formula is C15H21N3O3. The smallest absolute Gasteiger partial charge is 0.293 e. The van der Waals surface area contributed by atoms with Crippen molar-refractivity contribution in [3.63, 3.8) is 0 Å². The molecule has 1 amide bonds. The zero-order valence-electron chi connectivity index (χ0n) is 12.4. The average Bonchev–Trinajstić information content (AvgIpc) is 3.23. The summed E-state index contributed by atoms with van der Waals surface area (Å²) in [6.45, 7) is 3.98. The molecular weight excluding hydrogens is 270 g/mol. The minimum Gasteiger partial charge on any atom is -0.377 e. The number of carbonyl (C=O) groups is 1. The van der Waals surface area contributed by atoms with Crippen LogP contribution in [0.25, 0.3) is 0 Å². The fourth-order valence-electron chi connectivity index (χ4n) is 2.21. The van der Waals surface area contributed by atoms with E-state index in [-0.39, 0.29) is 17.6 Å². The molecule has 21 heavy (non-hydrogen) atoms. The van der Waals surface area contributed by atoms with E-state index in [1.54, 1.807) is 12.1 Å². The number of hydrogen-bond acceptors (Lipinski definition) is 4. The van der Waals surface area contributed by atoms with Crippen LogP contribution in [0.1, 0.15) is 49.9 Å². The molecule has 114 valence electrons. The fraction of sp³-hybridized carbons (Fsp3) is 0.533. The molecule has 1 saturated carbocycles. The molecule has 0 saturated heterocycles. The van der Waals surface area contributed by atoms with Crippen LogP contribution in [-0.4, -0.2) is 22.9 Å². The van der Waals surface area contributed by atoms with Gasteiger partial charge in [-0.25, -0.2) is 0 Å². The maximum atomic E-state index is 12.1. The highest BCUT2D eigenvalue weighted by atomic mass is 16.6. The predicted octanol–water partition coefficient (Wildman–Crippen LogP) is 3.09. The first-order valence-corrected chi connectivity index (χ1v) is 7.37. The Morgan fingerprint density at radius 1 is 1.48 bits per heavy atom. The highest BCUT2D eigenvalue weighted by molar-refractivity contribution is 5.95. The molecule has 0 spiro atoms. The lowest BCUT2D eigenvalue weighted by molar-refractivity contribution is -0.384. The standard InChI is InChI=1S/C15H21N3O3/c1-3-4-10(2)16-15(19)11-5-8-13(17-12-6-7-12)14(9-11)18(20)21/h5,8-10,12,17H,3-4,6-7H2,1-2H3,(H,16,19). The van der Waals surface area contributed by atoms with Crippen molar-refractivity contribution in [1.29, 1.82) is 0 Å². The first-order valence-electron chi connectivity index (χ1n) is 7.37. The van der Waals surface area contributed by atoms with Gasteiger partial charge < -0.3 is 10.6 Å². The maximum absolute atomic E-state index is 12.1. The predicted molar refractivity (Wildman–Crippen MR) is 81.6 cm³/mol. The van der Waals surface area contributed by atoms with Crippen LogP contribution < -0.4 is 10.6 Å². The Morgan fingerprint density at radius 3 is 2.76 bits per heavy atom. The van der Waals surface area contributed by atoms with Crippen molar-refractivity contribution in [2.75, 3.05) is 5.32 Å². The monoisotopic (exact) mass is 291 g/mol. The number of nitrogens with one attached hydrogen (secondary N) is 2. The summed E-state index contributed by atoms with van der Waals surface area (Å²) in [5.74, 6) is -0.267. The molecule has 1 atom stereocenters. The van der Waals surface area contributed by atoms with E-state index in [2.05, 4.69) is 10.6 Å². The first-order chi connectivity index (χ1) is 10.0. The van der Waals surface area contributed by atoms with Gasteiger partial charge in [0, 0.05) is 23.7 Å². The van der Waals surface area contributed by atoms with Crippen LogP contribution in [0.5, 0.6) is 0 Å². The van der Waals surface area contributed by atoms with Gasteiger partial charge in [-0.1, -0.05) is 13.3 Å². The maximum Gasteiger partial charge on any atom is 0.293 e. The van der Waals surface area contributed by atoms with E-state index in [4.69, 9.17) is 0 Å². The Labute approximate surface area is 124 Å². The van der Waals surface area contributed by atoms with Crippen LogP contribution in [-0.2, 0) is 0 Å². The first kappa shape index (κ1) is 15.3. The average molecular weight is 291 g/mol. The van der Waals surface area contributed by atoms with Crippen molar-refractivity contribution >= 4 is 17.3 Å². The summed E-state index contributed by atoms with van der Waals surface area (Å²) in [7, 11) is 0. The molecule has 1 aliphatic rings. The SMILES string of the molecule is CCCC(C)NC(=O)c1ccc(NC2CC2)c([N+](=O)[O-])c1. The summed E-state index contributed by atoms with van der Waals surface area (Å²) in [6, 6.07) is 4.99. The molecule has 2 rings (SSSR count). The number of anilines is 1. The number of carbonyl (C=O) groups excluding carboxylic acids is 1. The Bertz CT molecular complexity index is 541. The van der Waals surface area contributed by atoms with E-state index >= 15 is 0 Å². The molecule has 0 aliphatic heterocycles. The Kier molecular flexibility index (Phi) is 4.77. The third-order valence-corrected chi connectivity index (χ3v) is 3.49. The summed E-state index contributed by atoms with van der Waals surface area (Å²) in [4.78, 5) is 22.8. The number of nitrogens with zero attached hydrogens (tertiary/aromatic N) is 1. The Balaban J connectivity index is 2.14. The molecule has 0 aromatic heterocycles. The summed E-state index contributed by atoms with van der Waals surface area (Å²) >= 11 is 0. The van der Waals surface area contributed by atoms with Crippen LogP contribution in [0.4, 0.5) is 11.4 Å². The Morgan fingerprint density at radius 2 is 2.19 bits per heavy atom. The largest absolute Gasteiger partial charge is 0.377 e. The molecule has 1 aromatic carbocycles. The molecule has 0 heterocycles. The van der Waals surface area contributed by atoms with Crippen molar-refractivity contribution in [3.05, 3.63) is 33.9 Å². The molecule has 1 unspecified atom stereocenters. The second-order valence-corrected chi connectivity index (χ2v) is 5.57. The second-order valence-electron chi connectivity index (χ2n) is 5.57. The molecule has 0 bridgehead atoms. The van der Waals surface area contributed by atoms with Crippen LogP contribution in [0.3, 0.4) is 0 Å². The lowest BCUT2D eigenvalue weighted by Crippen LogP contribution is -2.32. The van der Waals surface area contributed by atoms with Gasteiger partial charge in [-0.2, -0.15) is 0 Å². The van der Waals surface area contributed by atoms with Crippen LogP contribution >= 0.6 is 0 Å². The van der Waals surface area contributed by atoms with Gasteiger partial charge in [0.2, 0.25) is 0 Å². The van der Waals surface area contributed by atoms with E-state index in [0.717, 1.165) is 25.7 Å². The van der Waals surface area contributed by atoms with Gasteiger partial charge in [0.15, 0.2) is 0 Å². The van der Waals surface area contributed by atoms with E-state index in [1.165, 1.54) is 6.07 Å². The van der Waals surface area contributed by atoms with Gasteiger partial charge in [-0.15, -0.1) is 0 Å². The highest BCUT2D eigenvalue weighted by Gasteiger charge is 2.25. The number of nitro groups is 1. The van der Waals surface area contributed by atoms with Crippen LogP contribution in [0.2, 0.25) is 0 Å². The molecule has 0 radical (unpaired) electrons. The molecule has 2 N–H and O–H groups in total. The summed E-state index contributed by atoms with van der Waals surface area (Å²) in [5, 5.41) is 17.1. The number of benzene rings is 1. The summed E-state index contributed by atoms with van der Waals surface area (Å²) < 4.78 is 0. The minimum absolute atomic E-state index is 0.0438. The zero-order chi connectivity index (χ0) is 15.4. The van der Waals surface area contributed by atoms with Gasteiger partial charge in [-0.3, -0.25) is 14.9 Å². The number of nitro benzene ring substituents is 1. The van der Waals surface area contributed by atoms with Crippen molar-refractivity contribution in [2.24, 2.45) is 0 Å². The topological polar surface area (TPSA) is 84.3 Å². The van der Waals surface area contributed by atoms with Crippen molar-refractivity contribution in [3.8, 4) is 0 Å². The highest BCUT2D eigenvalue weighted by Crippen LogP contribution is 2.31. The van der Waals surface area contributed by atoms with Gasteiger partial charge in [0.05, 0.1) is 4.92 Å². The van der Waals surface area contributed by atoms with E-state index in [9.17, 15) is 14.9 Å². The van der Waals surface area contributed by atoms with Gasteiger partial charge in [-0.05, 0) is 38.3 Å². The van der Waals surface area contributed by atoms with Gasteiger partial charge in [0.1, 0.15) is 5.69 Å². The van der Waals surface area contributed by atoms with E-state index in [1.807, 2.05) is 13.8 Å². The van der Waals surface area contributed by atoms with E-state index in [0.29, 0.717) is 17.3 Å². The number of hydrogen-bond donors (Lipinski definition) is 2. The second kappa shape index (κ2) is 6.56. The molecule has 6 nitrogen and oxygen atoms in total. The molecule has 1 aromatic rings. The van der Waals surface area contributed by atoms with Crippen molar-refractivity contribution in [2.45, 2.75) is 51.6 Å². The number of amides is 1. The van der Waals surface area contributed by atoms with Gasteiger partial charge in [0.25, 0.3) is 11.6 Å². The van der Waals surface area contributed by atoms with Crippen molar-refractivity contribution < 1.29 is 9.72 Å². The van der Waals surface area contributed by atoms with Crippen LogP contribution in [0.15, 0.2) is 18.2 Å². The summed E-state index contributed by atoms with van der Waals surface area (Å²) in [5.41, 5.74) is 0.768. The third-order valence-electron chi connectivity index (χ3n) is 3.49. The van der Waals surface area contributed by atoms with E-state index < -0.39 is 4.92 Å². The molecule has 6 heteroatoms. The van der Waals surface area contributed by atoms with Gasteiger partial charge >= 0.3 is 0 Å².